The largest absolute Gasteiger partial charge is 0.508 e. The van der Waals surface area contributed by atoms with Gasteiger partial charge in [0.2, 0.25) is 10.9 Å². The van der Waals surface area contributed by atoms with Gasteiger partial charge < -0.3 is 10.2 Å². The van der Waals surface area contributed by atoms with Crippen LogP contribution in [-0.4, -0.2) is 10.2 Å². The molecule has 0 unspecified atom stereocenters. The van der Waals surface area contributed by atoms with Gasteiger partial charge in [-0.25, -0.2) is 0 Å². The van der Waals surface area contributed by atoms with E-state index < -0.39 is 21.7 Å². The van der Waals surface area contributed by atoms with E-state index in [9.17, 15) is 29.4 Å². The number of rotatable bonds is 0. The molecule has 0 atom stereocenters. The molecule has 1 heterocycles. The highest BCUT2D eigenvalue weighted by atomic mass is 32.1. The van der Waals surface area contributed by atoms with E-state index in [1.54, 1.807) is 0 Å². The third kappa shape index (κ3) is 1.89. The summed E-state index contributed by atoms with van der Waals surface area (Å²) in [6, 6.07) is 7.66. The molecule has 0 bridgehead atoms. The van der Waals surface area contributed by atoms with Gasteiger partial charge >= 0.3 is 0 Å². The average Bonchev–Trinajstić information content (AvgIpc) is 3.05. The standard InChI is InChI=1S/C20H8O6S/c21-7-1-3-9-11(5-7)15(23)13-14-16(24)12-6-8(22)2-4-10(12)18(26)20(14)27-19(13)17(9)25/h1-6,21-22H. The van der Waals surface area contributed by atoms with Crippen LogP contribution in [0.15, 0.2) is 55.6 Å². The highest BCUT2D eigenvalue weighted by Gasteiger charge is 2.22. The third-order valence-electron chi connectivity index (χ3n) is 4.76. The molecular weight excluding hydrogens is 368 g/mol. The molecule has 0 spiro atoms. The van der Waals surface area contributed by atoms with Gasteiger partial charge in [0.1, 0.15) is 11.5 Å². The smallest absolute Gasteiger partial charge is 0.204 e. The Morgan fingerprint density at radius 2 is 0.963 bits per heavy atom. The topological polar surface area (TPSA) is 109 Å². The van der Waals surface area contributed by atoms with Gasteiger partial charge in [-0.1, -0.05) is 0 Å². The number of phenols is 2. The molecule has 0 radical (unpaired) electrons. The van der Waals surface area contributed by atoms with E-state index >= 15 is 0 Å². The number of aromatic hydroxyl groups is 2. The van der Waals surface area contributed by atoms with Crippen molar-refractivity contribution in [3.63, 3.8) is 0 Å². The molecule has 4 aromatic carbocycles. The van der Waals surface area contributed by atoms with Crippen molar-refractivity contribution in [2.24, 2.45) is 0 Å². The number of fused-ring (bicyclic) bond motifs is 5. The second-order valence-corrected chi connectivity index (χ2v) is 7.31. The Kier molecular flexibility index (Phi) is 2.89. The first-order valence-electron chi connectivity index (χ1n) is 7.90. The molecule has 130 valence electrons. The molecule has 0 aliphatic carbocycles. The van der Waals surface area contributed by atoms with E-state index in [0.717, 1.165) is 11.3 Å². The van der Waals surface area contributed by atoms with Crippen LogP contribution in [0.2, 0.25) is 0 Å². The molecule has 7 heteroatoms. The summed E-state index contributed by atoms with van der Waals surface area (Å²) in [4.78, 5) is 51.7. The summed E-state index contributed by atoms with van der Waals surface area (Å²) in [6.45, 7) is 0. The van der Waals surface area contributed by atoms with Gasteiger partial charge in [-0.2, -0.15) is 0 Å². The molecule has 27 heavy (non-hydrogen) atoms. The molecule has 0 aliphatic heterocycles. The second-order valence-electron chi connectivity index (χ2n) is 6.29. The van der Waals surface area contributed by atoms with Gasteiger partial charge in [0.05, 0.1) is 20.2 Å². The number of benzene rings is 4. The molecule has 0 amide bonds. The first-order chi connectivity index (χ1) is 12.9. The Balaban J connectivity index is 2.21. The minimum atomic E-state index is -0.585. The third-order valence-corrected chi connectivity index (χ3v) is 5.95. The van der Waals surface area contributed by atoms with Crippen LogP contribution in [0.1, 0.15) is 0 Å². The maximum absolute atomic E-state index is 13.0. The zero-order valence-electron chi connectivity index (χ0n) is 13.4. The van der Waals surface area contributed by atoms with Crippen molar-refractivity contribution in [3.8, 4) is 11.5 Å². The van der Waals surface area contributed by atoms with Gasteiger partial charge in [-0.05, 0) is 36.4 Å². The van der Waals surface area contributed by atoms with Gasteiger partial charge in [0, 0.05) is 21.5 Å². The summed E-state index contributed by atoms with van der Waals surface area (Å²) < 4.78 is 0.0869. The summed E-state index contributed by atoms with van der Waals surface area (Å²) in [5.74, 6) is -0.361. The Morgan fingerprint density at radius 3 is 1.37 bits per heavy atom. The van der Waals surface area contributed by atoms with Gasteiger partial charge in [-0.15, -0.1) is 11.3 Å². The van der Waals surface area contributed by atoms with E-state index in [0.29, 0.717) is 0 Å². The predicted octanol–water partition coefficient (Wildman–Crippen LogP) is 2.09. The number of phenolic OH excluding ortho intramolecular Hbond substituents is 2. The lowest BCUT2D eigenvalue weighted by molar-refractivity contribution is 0.475. The minimum Gasteiger partial charge on any atom is -0.508 e. The summed E-state index contributed by atoms with van der Waals surface area (Å²) in [5.41, 5.74) is -2.10. The molecule has 0 saturated carbocycles. The molecule has 0 fully saturated rings. The molecule has 2 N–H and O–H groups in total. The van der Waals surface area contributed by atoms with E-state index in [2.05, 4.69) is 0 Å². The van der Waals surface area contributed by atoms with Crippen LogP contribution in [0.25, 0.3) is 41.7 Å². The zero-order valence-corrected chi connectivity index (χ0v) is 14.2. The first kappa shape index (κ1) is 15.7. The van der Waals surface area contributed by atoms with Crippen LogP contribution in [-0.2, 0) is 0 Å². The van der Waals surface area contributed by atoms with Crippen molar-refractivity contribution in [3.05, 3.63) is 77.3 Å². The fourth-order valence-corrected chi connectivity index (χ4v) is 4.74. The Hall–Kier alpha value is -3.58. The van der Waals surface area contributed by atoms with Crippen molar-refractivity contribution >= 4 is 53.1 Å². The summed E-state index contributed by atoms with van der Waals surface area (Å²) in [7, 11) is 0. The van der Waals surface area contributed by atoms with E-state index in [1.165, 1.54) is 36.4 Å². The fourth-order valence-electron chi connectivity index (χ4n) is 3.53. The van der Waals surface area contributed by atoms with E-state index in [1.807, 2.05) is 0 Å². The van der Waals surface area contributed by atoms with Crippen LogP contribution < -0.4 is 21.7 Å². The fraction of sp³-hybridized carbons (Fsp3) is 0. The average molecular weight is 376 g/mol. The Morgan fingerprint density at radius 1 is 0.556 bits per heavy atom. The van der Waals surface area contributed by atoms with Crippen molar-refractivity contribution in [1.29, 1.82) is 0 Å². The van der Waals surface area contributed by atoms with Crippen LogP contribution >= 0.6 is 11.3 Å². The first-order valence-corrected chi connectivity index (χ1v) is 8.71. The SMILES string of the molecule is O=c1c2ccc(O)cc2c(=O)c2c1sc1c(=O)c3ccc(O)cc3c(=O)c12. The quantitative estimate of drug-likeness (QED) is 0.428. The maximum atomic E-state index is 13.0. The highest BCUT2D eigenvalue weighted by molar-refractivity contribution is 7.25. The monoisotopic (exact) mass is 376 g/mol. The maximum Gasteiger partial charge on any atom is 0.204 e. The van der Waals surface area contributed by atoms with Gasteiger partial charge in [0.25, 0.3) is 0 Å². The summed E-state index contributed by atoms with van der Waals surface area (Å²) in [6.07, 6.45) is 0. The second kappa shape index (κ2) is 4.99. The summed E-state index contributed by atoms with van der Waals surface area (Å²) in [5, 5.41) is 19.4. The summed E-state index contributed by atoms with van der Waals surface area (Å²) >= 11 is 0.831. The normalized spacial score (nSPS) is 11.9. The zero-order chi connectivity index (χ0) is 19.0. The molecular formula is C20H8O6S. The van der Waals surface area contributed by atoms with Crippen molar-refractivity contribution in [2.45, 2.75) is 0 Å². The molecule has 0 saturated heterocycles. The lowest BCUT2D eigenvalue weighted by Crippen LogP contribution is -2.15. The molecule has 0 aliphatic rings. The van der Waals surface area contributed by atoms with E-state index in [4.69, 9.17) is 0 Å². The van der Waals surface area contributed by atoms with Crippen molar-refractivity contribution in [2.75, 3.05) is 0 Å². The molecule has 6 nitrogen and oxygen atoms in total. The van der Waals surface area contributed by atoms with Crippen molar-refractivity contribution in [1.82, 2.24) is 0 Å². The van der Waals surface area contributed by atoms with Crippen LogP contribution in [0.4, 0.5) is 0 Å². The highest BCUT2D eigenvalue weighted by Crippen LogP contribution is 2.30. The van der Waals surface area contributed by atoms with Crippen LogP contribution in [0.3, 0.4) is 0 Å². The number of hydrogen-bond acceptors (Lipinski definition) is 7. The van der Waals surface area contributed by atoms with Gasteiger partial charge in [0.15, 0.2) is 10.9 Å². The number of thiophene rings is 1. The van der Waals surface area contributed by atoms with Crippen LogP contribution in [0.5, 0.6) is 11.5 Å². The Bertz CT molecular complexity index is 1550. The minimum absolute atomic E-state index is 0.00458. The molecule has 5 rings (SSSR count). The Labute approximate surface area is 152 Å². The molecule has 5 aromatic rings. The number of hydrogen-bond donors (Lipinski definition) is 2. The van der Waals surface area contributed by atoms with Crippen LogP contribution in [0, 0.1) is 0 Å². The lowest BCUT2D eigenvalue weighted by Gasteiger charge is -1.99. The molecule has 1 aromatic heterocycles. The van der Waals surface area contributed by atoms with Gasteiger partial charge in [-0.3, -0.25) is 19.2 Å². The predicted molar refractivity (Wildman–Crippen MR) is 105 cm³/mol. The lowest BCUT2D eigenvalue weighted by atomic mass is 10.0. The van der Waals surface area contributed by atoms with E-state index in [-0.39, 0.29) is 53.2 Å². The van der Waals surface area contributed by atoms with Crippen molar-refractivity contribution < 1.29 is 10.2 Å².